The lowest BCUT2D eigenvalue weighted by molar-refractivity contribution is -0.126. The van der Waals surface area contributed by atoms with Gasteiger partial charge in [0.2, 0.25) is 11.8 Å². The molecule has 0 radical (unpaired) electrons. The molecule has 1 aromatic rings. The van der Waals surface area contributed by atoms with Crippen LogP contribution in [0.15, 0.2) is 22.7 Å². The molecule has 0 saturated carbocycles. The first-order valence-corrected chi connectivity index (χ1v) is 7.57. The van der Waals surface area contributed by atoms with E-state index in [9.17, 15) is 9.59 Å². The predicted molar refractivity (Wildman–Crippen MR) is 82.6 cm³/mol. The minimum atomic E-state index is -0.455. The SMILES string of the molecule is Cc1c(Br)cccc1N1CCC(=O)NC(C(C)C)C1=O. The molecule has 1 fully saturated rings. The third-order valence-electron chi connectivity index (χ3n) is 3.61. The van der Waals surface area contributed by atoms with Gasteiger partial charge in [0.25, 0.3) is 0 Å². The minimum Gasteiger partial charge on any atom is -0.344 e. The van der Waals surface area contributed by atoms with E-state index in [4.69, 9.17) is 0 Å². The van der Waals surface area contributed by atoms with E-state index in [1.165, 1.54) is 0 Å². The fourth-order valence-electron chi connectivity index (χ4n) is 2.38. The first kappa shape index (κ1) is 15.0. The van der Waals surface area contributed by atoms with E-state index < -0.39 is 6.04 Å². The molecule has 1 aliphatic rings. The van der Waals surface area contributed by atoms with Crippen molar-refractivity contribution in [2.75, 3.05) is 11.4 Å². The van der Waals surface area contributed by atoms with Gasteiger partial charge in [-0.3, -0.25) is 9.59 Å². The highest BCUT2D eigenvalue weighted by Crippen LogP contribution is 2.28. The van der Waals surface area contributed by atoms with Gasteiger partial charge >= 0.3 is 0 Å². The number of hydrogen-bond acceptors (Lipinski definition) is 2. The van der Waals surface area contributed by atoms with Gasteiger partial charge in [-0.05, 0) is 30.5 Å². The van der Waals surface area contributed by atoms with Gasteiger partial charge in [-0.2, -0.15) is 0 Å². The fraction of sp³-hybridized carbons (Fsp3) is 0.467. The molecule has 2 rings (SSSR count). The lowest BCUT2D eigenvalue weighted by atomic mass is 10.0. The first-order chi connectivity index (χ1) is 9.41. The quantitative estimate of drug-likeness (QED) is 0.901. The Balaban J connectivity index is 2.41. The van der Waals surface area contributed by atoms with E-state index >= 15 is 0 Å². The average Bonchev–Trinajstić information content (AvgIpc) is 2.53. The number of carbonyl (C=O) groups is 2. The van der Waals surface area contributed by atoms with Crippen molar-refractivity contribution in [2.24, 2.45) is 5.92 Å². The number of amides is 2. The van der Waals surface area contributed by atoms with Crippen LogP contribution < -0.4 is 10.2 Å². The summed E-state index contributed by atoms with van der Waals surface area (Å²) in [4.78, 5) is 26.2. The Bertz CT molecular complexity index is 543. The molecule has 108 valence electrons. The molecule has 0 aromatic heterocycles. The van der Waals surface area contributed by atoms with E-state index in [1.807, 2.05) is 39.0 Å². The number of hydrogen-bond donors (Lipinski definition) is 1. The number of nitrogens with one attached hydrogen (secondary N) is 1. The third-order valence-corrected chi connectivity index (χ3v) is 4.47. The van der Waals surface area contributed by atoms with E-state index in [2.05, 4.69) is 21.2 Å². The molecule has 0 bridgehead atoms. The maximum absolute atomic E-state index is 12.7. The summed E-state index contributed by atoms with van der Waals surface area (Å²) in [5.41, 5.74) is 1.88. The number of rotatable bonds is 2. The summed E-state index contributed by atoms with van der Waals surface area (Å²) in [6.07, 6.45) is 0.334. The molecular weight excluding hydrogens is 320 g/mol. The molecule has 1 heterocycles. The van der Waals surface area contributed by atoms with Crippen LogP contribution in [-0.2, 0) is 9.59 Å². The van der Waals surface area contributed by atoms with Crippen LogP contribution in [-0.4, -0.2) is 24.4 Å². The summed E-state index contributed by atoms with van der Waals surface area (Å²) in [5, 5.41) is 2.82. The normalized spacial score (nSPS) is 20.1. The maximum atomic E-state index is 12.7. The van der Waals surface area contributed by atoms with Crippen molar-refractivity contribution in [3.05, 3.63) is 28.2 Å². The summed E-state index contributed by atoms with van der Waals surface area (Å²) in [6, 6.07) is 5.32. The molecule has 1 N–H and O–H groups in total. The van der Waals surface area contributed by atoms with Crippen LogP contribution in [0.25, 0.3) is 0 Å². The molecule has 1 saturated heterocycles. The maximum Gasteiger partial charge on any atom is 0.249 e. The van der Waals surface area contributed by atoms with Crippen LogP contribution in [0, 0.1) is 12.8 Å². The van der Waals surface area contributed by atoms with E-state index in [0.29, 0.717) is 13.0 Å². The highest BCUT2D eigenvalue weighted by Gasteiger charge is 2.33. The molecule has 20 heavy (non-hydrogen) atoms. The monoisotopic (exact) mass is 338 g/mol. The average molecular weight is 339 g/mol. The van der Waals surface area contributed by atoms with Gasteiger partial charge in [0.1, 0.15) is 6.04 Å². The lowest BCUT2D eigenvalue weighted by Gasteiger charge is -2.27. The fourth-order valence-corrected chi connectivity index (χ4v) is 2.73. The molecule has 0 spiro atoms. The second-order valence-corrected chi connectivity index (χ2v) is 6.27. The Labute approximate surface area is 127 Å². The van der Waals surface area contributed by atoms with Crippen LogP contribution in [0.3, 0.4) is 0 Å². The van der Waals surface area contributed by atoms with Crippen LogP contribution in [0.4, 0.5) is 5.69 Å². The predicted octanol–water partition coefficient (Wildman–Crippen LogP) is 2.64. The van der Waals surface area contributed by atoms with Crippen LogP contribution in [0.2, 0.25) is 0 Å². The van der Waals surface area contributed by atoms with E-state index in [1.54, 1.807) is 4.90 Å². The van der Waals surface area contributed by atoms with Gasteiger partial charge in [-0.1, -0.05) is 35.8 Å². The van der Waals surface area contributed by atoms with Gasteiger partial charge in [-0.15, -0.1) is 0 Å². The number of nitrogens with zero attached hydrogens (tertiary/aromatic N) is 1. The molecule has 1 unspecified atom stereocenters. The van der Waals surface area contributed by atoms with Gasteiger partial charge in [-0.25, -0.2) is 0 Å². The van der Waals surface area contributed by atoms with Crippen LogP contribution >= 0.6 is 15.9 Å². The van der Waals surface area contributed by atoms with Gasteiger partial charge < -0.3 is 10.2 Å². The van der Waals surface area contributed by atoms with E-state index in [0.717, 1.165) is 15.7 Å². The highest BCUT2D eigenvalue weighted by molar-refractivity contribution is 9.10. The zero-order valence-electron chi connectivity index (χ0n) is 11.9. The summed E-state index contributed by atoms with van der Waals surface area (Å²) >= 11 is 3.49. The van der Waals surface area contributed by atoms with Crippen molar-refractivity contribution in [2.45, 2.75) is 33.2 Å². The molecule has 0 aliphatic carbocycles. The van der Waals surface area contributed by atoms with Crippen molar-refractivity contribution in [1.82, 2.24) is 5.32 Å². The molecule has 5 heteroatoms. The highest BCUT2D eigenvalue weighted by atomic mass is 79.9. The van der Waals surface area contributed by atoms with Gasteiger partial charge in [0.05, 0.1) is 0 Å². The van der Waals surface area contributed by atoms with Crippen LogP contribution in [0.5, 0.6) is 0 Å². The first-order valence-electron chi connectivity index (χ1n) is 6.77. The smallest absolute Gasteiger partial charge is 0.249 e. The third kappa shape index (κ3) is 2.87. The van der Waals surface area contributed by atoms with Gasteiger partial charge in [0, 0.05) is 23.1 Å². The number of halogens is 1. The Morgan fingerprint density at radius 2 is 2.05 bits per heavy atom. The lowest BCUT2D eigenvalue weighted by Crippen LogP contribution is -2.48. The zero-order valence-corrected chi connectivity index (χ0v) is 13.5. The van der Waals surface area contributed by atoms with Crippen molar-refractivity contribution >= 4 is 33.4 Å². The van der Waals surface area contributed by atoms with Crippen molar-refractivity contribution in [1.29, 1.82) is 0 Å². The van der Waals surface area contributed by atoms with E-state index in [-0.39, 0.29) is 17.7 Å². The summed E-state index contributed by atoms with van der Waals surface area (Å²) < 4.78 is 0.965. The van der Waals surface area contributed by atoms with Crippen molar-refractivity contribution in [3.63, 3.8) is 0 Å². The Morgan fingerprint density at radius 3 is 2.70 bits per heavy atom. The molecule has 2 amide bonds. The summed E-state index contributed by atoms with van der Waals surface area (Å²) in [5.74, 6) is -0.0289. The Kier molecular flexibility index (Phi) is 4.48. The van der Waals surface area contributed by atoms with Crippen molar-refractivity contribution in [3.8, 4) is 0 Å². The molecule has 1 aliphatic heterocycles. The summed E-state index contributed by atoms with van der Waals surface area (Å²) in [6.45, 7) is 6.28. The molecule has 4 nitrogen and oxygen atoms in total. The zero-order chi connectivity index (χ0) is 14.9. The minimum absolute atomic E-state index is 0.0351. The Morgan fingerprint density at radius 1 is 1.35 bits per heavy atom. The molecule has 1 aromatic carbocycles. The second kappa shape index (κ2) is 5.95. The number of benzene rings is 1. The topological polar surface area (TPSA) is 49.4 Å². The number of anilines is 1. The summed E-state index contributed by atoms with van der Waals surface area (Å²) in [7, 11) is 0. The van der Waals surface area contributed by atoms with Crippen LogP contribution in [0.1, 0.15) is 25.8 Å². The standard InChI is InChI=1S/C15H19BrN2O2/c1-9(2)14-15(20)18(8-7-13(19)17-14)12-6-4-5-11(16)10(12)3/h4-6,9,14H,7-8H2,1-3H3,(H,17,19). The van der Waals surface area contributed by atoms with Crippen molar-refractivity contribution < 1.29 is 9.59 Å². The largest absolute Gasteiger partial charge is 0.344 e. The second-order valence-electron chi connectivity index (χ2n) is 5.41. The molecular formula is C15H19BrN2O2. The van der Waals surface area contributed by atoms with Gasteiger partial charge in [0.15, 0.2) is 0 Å². The molecule has 1 atom stereocenters. The number of carbonyl (C=O) groups excluding carboxylic acids is 2. The Hall–Kier alpha value is -1.36.